The first-order valence-corrected chi connectivity index (χ1v) is 9.65. The number of amidine groups is 1. The Kier molecular flexibility index (Phi) is 6.56. The Morgan fingerprint density at radius 2 is 1.97 bits per heavy atom. The van der Waals surface area contributed by atoms with Crippen molar-refractivity contribution in [2.45, 2.75) is 13.3 Å². The van der Waals surface area contributed by atoms with Gasteiger partial charge in [-0.25, -0.2) is 4.99 Å². The molecule has 29 heavy (non-hydrogen) atoms. The fourth-order valence-electron chi connectivity index (χ4n) is 2.51. The van der Waals surface area contributed by atoms with Crippen molar-refractivity contribution in [3.8, 4) is 11.5 Å². The van der Waals surface area contributed by atoms with Gasteiger partial charge in [-0.1, -0.05) is 23.8 Å². The molecule has 0 aliphatic carbocycles. The Morgan fingerprint density at radius 1 is 1.21 bits per heavy atom. The Morgan fingerprint density at radius 3 is 2.66 bits per heavy atom. The van der Waals surface area contributed by atoms with Gasteiger partial charge in [-0.2, -0.15) is 0 Å². The number of nitrogens with zero attached hydrogens (tertiary/aromatic N) is 1. The molecule has 2 aromatic rings. The molecule has 3 rings (SSSR count). The van der Waals surface area contributed by atoms with Crippen molar-refractivity contribution in [3.05, 3.63) is 58.5 Å². The topological polar surface area (TPSA) is 97.2 Å². The van der Waals surface area contributed by atoms with E-state index in [1.54, 1.807) is 24.3 Å². The number of ether oxygens (including phenoxy) is 2. The van der Waals surface area contributed by atoms with E-state index in [0.29, 0.717) is 21.6 Å². The molecule has 1 amide bonds. The maximum atomic E-state index is 12.3. The number of aliphatic carboxylic acids is 1. The Bertz CT molecular complexity index is 983. The highest BCUT2D eigenvalue weighted by Gasteiger charge is 2.24. The highest BCUT2D eigenvalue weighted by atomic mass is 32.2. The molecule has 0 aromatic heterocycles. The van der Waals surface area contributed by atoms with E-state index in [1.165, 1.54) is 18.9 Å². The lowest BCUT2D eigenvalue weighted by Gasteiger charge is -2.10. The summed E-state index contributed by atoms with van der Waals surface area (Å²) in [6, 6.07) is 12.9. The van der Waals surface area contributed by atoms with Crippen LogP contribution in [0.2, 0.25) is 0 Å². The number of amides is 1. The third-order valence-electron chi connectivity index (χ3n) is 3.97. The van der Waals surface area contributed by atoms with Crippen LogP contribution in [0.1, 0.15) is 17.5 Å². The van der Waals surface area contributed by atoms with Gasteiger partial charge in [0.25, 0.3) is 5.91 Å². The van der Waals surface area contributed by atoms with E-state index in [1.807, 2.05) is 31.2 Å². The molecule has 0 saturated carbocycles. The highest BCUT2D eigenvalue weighted by Crippen LogP contribution is 2.32. The van der Waals surface area contributed by atoms with Crippen molar-refractivity contribution < 1.29 is 24.2 Å². The minimum absolute atomic E-state index is 0.0449. The zero-order valence-electron chi connectivity index (χ0n) is 16.0. The van der Waals surface area contributed by atoms with Crippen LogP contribution in [-0.4, -0.2) is 35.9 Å². The quantitative estimate of drug-likeness (QED) is 0.673. The second kappa shape index (κ2) is 9.29. The lowest BCUT2D eigenvalue weighted by molar-refractivity contribution is -0.137. The first-order valence-electron chi connectivity index (χ1n) is 8.83. The molecule has 1 aliphatic rings. The number of rotatable bonds is 7. The number of carbonyl (C=O) groups excluding carboxylic acids is 1. The number of methoxy groups -OCH3 is 1. The number of carboxylic acid groups (broad SMARTS) is 1. The van der Waals surface area contributed by atoms with Gasteiger partial charge in [-0.05, 0) is 54.6 Å². The van der Waals surface area contributed by atoms with Crippen LogP contribution in [0.15, 0.2) is 52.4 Å². The standard InChI is InChI=1S/C21H20N2O5S/c1-13-3-6-15(7-4-13)22-21-23-20(26)18(29-21)12-14-5-8-16(17(11-14)27-2)28-10-9-19(24)25/h3-8,11-12H,9-10H2,1-2H3,(H,24,25)(H,22,23,26)/b18-12+. The first-order chi connectivity index (χ1) is 13.9. The van der Waals surface area contributed by atoms with Crippen LogP contribution in [0.25, 0.3) is 6.08 Å². The van der Waals surface area contributed by atoms with Crippen LogP contribution in [0, 0.1) is 6.92 Å². The van der Waals surface area contributed by atoms with Crippen LogP contribution in [0.3, 0.4) is 0 Å². The summed E-state index contributed by atoms with van der Waals surface area (Å²) in [6.07, 6.45) is 1.63. The van der Waals surface area contributed by atoms with E-state index in [0.717, 1.165) is 16.8 Å². The van der Waals surface area contributed by atoms with Gasteiger partial charge < -0.3 is 19.9 Å². The molecule has 1 saturated heterocycles. The summed E-state index contributed by atoms with van der Waals surface area (Å²) in [4.78, 5) is 27.8. The van der Waals surface area contributed by atoms with Crippen LogP contribution in [-0.2, 0) is 9.59 Å². The molecular formula is C21H20N2O5S. The summed E-state index contributed by atoms with van der Waals surface area (Å²) in [5, 5.41) is 12.0. The number of hydrogen-bond acceptors (Lipinski definition) is 6. The monoisotopic (exact) mass is 412 g/mol. The molecule has 1 fully saturated rings. The van der Waals surface area contributed by atoms with Crippen LogP contribution in [0.5, 0.6) is 11.5 Å². The van der Waals surface area contributed by atoms with Crippen molar-refractivity contribution in [2.75, 3.05) is 13.7 Å². The normalized spacial score (nSPS) is 16.1. The number of benzene rings is 2. The van der Waals surface area contributed by atoms with Gasteiger partial charge in [0.15, 0.2) is 16.7 Å². The number of hydrogen-bond donors (Lipinski definition) is 2. The highest BCUT2D eigenvalue weighted by molar-refractivity contribution is 8.18. The fraction of sp³-hybridized carbons (Fsp3) is 0.190. The molecule has 2 N–H and O–H groups in total. The largest absolute Gasteiger partial charge is 0.493 e. The average Bonchev–Trinajstić information content (AvgIpc) is 3.03. The second-order valence-corrected chi connectivity index (χ2v) is 7.25. The van der Waals surface area contributed by atoms with Gasteiger partial charge in [0, 0.05) is 0 Å². The summed E-state index contributed by atoms with van der Waals surface area (Å²) in [7, 11) is 1.50. The molecule has 7 nitrogen and oxygen atoms in total. The number of thioether (sulfide) groups is 1. The molecular weight excluding hydrogens is 392 g/mol. The summed E-state index contributed by atoms with van der Waals surface area (Å²) in [6.45, 7) is 2.05. The number of nitrogens with one attached hydrogen (secondary N) is 1. The Labute approximate surface area is 172 Å². The molecule has 8 heteroatoms. The Balaban J connectivity index is 1.74. The molecule has 0 bridgehead atoms. The molecule has 0 spiro atoms. The SMILES string of the molecule is COc1cc(/C=C2/SC(=Nc3ccc(C)cc3)NC2=O)ccc1OCCC(=O)O. The van der Waals surface area contributed by atoms with Crippen molar-refractivity contribution in [1.82, 2.24) is 5.32 Å². The third-order valence-corrected chi connectivity index (χ3v) is 4.88. The van der Waals surface area contributed by atoms with Crippen molar-refractivity contribution in [2.24, 2.45) is 4.99 Å². The number of aryl methyl sites for hydroxylation is 1. The number of aliphatic imine (C=N–C) groups is 1. The molecule has 2 aromatic carbocycles. The maximum absolute atomic E-state index is 12.3. The number of carbonyl (C=O) groups is 2. The van der Waals surface area contributed by atoms with Crippen LogP contribution < -0.4 is 14.8 Å². The molecule has 1 heterocycles. The predicted octanol–water partition coefficient (Wildman–Crippen LogP) is 3.75. The smallest absolute Gasteiger partial charge is 0.306 e. The van der Waals surface area contributed by atoms with Crippen LogP contribution >= 0.6 is 11.8 Å². The zero-order valence-corrected chi connectivity index (χ0v) is 16.8. The zero-order chi connectivity index (χ0) is 20.8. The van der Waals surface area contributed by atoms with Gasteiger partial charge in [-0.15, -0.1) is 0 Å². The molecule has 150 valence electrons. The van der Waals surface area contributed by atoms with Gasteiger partial charge in [0.05, 0.1) is 30.7 Å². The van der Waals surface area contributed by atoms with E-state index in [4.69, 9.17) is 14.6 Å². The fourth-order valence-corrected chi connectivity index (χ4v) is 3.35. The average molecular weight is 412 g/mol. The summed E-state index contributed by atoms with van der Waals surface area (Å²) in [5.41, 5.74) is 2.66. The third kappa shape index (κ3) is 5.61. The second-order valence-electron chi connectivity index (χ2n) is 6.22. The summed E-state index contributed by atoms with van der Waals surface area (Å²) < 4.78 is 10.8. The molecule has 0 unspecified atom stereocenters. The van der Waals surface area contributed by atoms with E-state index < -0.39 is 5.97 Å². The van der Waals surface area contributed by atoms with E-state index in [-0.39, 0.29) is 18.9 Å². The minimum atomic E-state index is -0.933. The molecule has 0 atom stereocenters. The van der Waals surface area contributed by atoms with Gasteiger partial charge >= 0.3 is 5.97 Å². The van der Waals surface area contributed by atoms with Crippen molar-refractivity contribution in [1.29, 1.82) is 0 Å². The summed E-state index contributed by atoms with van der Waals surface area (Å²) in [5.74, 6) is -0.248. The van der Waals surface area contributed by atoms with E-state index in [9.17, 15) is 9.59 Å². The van der Waals surface area contributed by atoms with Gasteiger partial charge in [0.1, 0.15) is 0 Å². The van der Waals surface area contributed by atoms with Gasteiger partial charge in [0.2, 0.25) is 0 Å². The minimum Gasteiger partial charge on any atom is -0.493 e. The van der Waals surface area contributed by atoms with Crippen LogP contribution in [0.4, 0.5) is 5.69 Å². The van der Waals surface area contributed by atoms with Crippen molar-refractivity contribution >= 4 is 40.6 Å². The Hall–Kier alpha value is -3.26. The molecule has 0 radical (unpaired) electrons. The van der Waals surface area contributed by atoms with E-state index in [2.05, 4.69) is 10.3 Å². The number of carboxylic acids is 1. The van der Waals surface area contributed by atoms with Gasteiger partial charge in [-0.3, -0.25) is 9.59 Å². The summed E-state index contributed by atoms with van der Waals surface area (Å²) >= 11 is 1.26. The maximum Gasteiger partial charge on any atom is 0.306 e. The lowest BCUT2D eigenvalue weighted by Crippen LogP contribution is -2.19. The first kappa shape index (κ1) is 20.5. The lowest BCUT2D eigenvalue weighted by atomic mass is 10.2. The molecule has 1 aliphatic heterocycles. The van der Waals surface area contributed by atoms with E-state index >= 15 is 0 Å². The predicted molar refractivity (Wildman–Crippen MR) is 113 cm³/mol. The van der Waals surface area contributed by atoms with Crippen molar-refractivity contribution in [3.63, 3.8) is 0 Å².